The van der Waals surface area contributed by atoms with E-state index in [2.05, 4.69) is 20.4 Å². The number of aromatic nitrogens is 4. The Labute approximate surface area is 138 Å². The molecule has 2 aromatic heterocycles. The summed E-state index contributed by atoms with van der Waals surface area (Å²) < 4.78 is 28.7. The molecule has 0 spiro atoms. The molecule has 1 atom stereocenters. The number of nitriles is 1. The van der Waals surface area contributed by atoms with Gasteiger partial charge in [-0.05, 0) is 32.8 Å². The first-order chi connectivity index (χ1) is 11.4. The summed E-state index contributed by atoms with van der Waals surface area (Å²) in [7, 11) is 0. The molecule has 3 rings (SSSR count). The topological polar surface area (TPSA) is 79.4 Å². The molecule has 2 heterocycles. The van der Waals surface area contributed by atoms with E-state index in [4.69, 9.17) is 0 Å². The van der Waals surface area contributed by atoms with Crippen LogP contribution in [0.3, 0.4) is 0 Å². The Bertz CT molecular complexity index is 792. The summed E-state index contributed by atoms with van der Waals surface area (Å²) in [4.78, 5) is 8.51. The third-order valence-electron chi connectivity index (χ3n) is 4.02. The lowest BCUT2D eigenvalue weighted by Gasteiger charge is -2.29. The predicted octanol–water partition coefficient (Wildman–Crippen LogP) is 3.14. The summed E-state index contributed by atoms with van der Waals surface area (Å²) in [5.74, 6) is -2.03. The van der Waals surface area contributed by atoms with E-state index in [0.717, 1.165) is 11.4 Å². The van der Waals surface area contributed by atoms with Gasteiger partial charge in [0.25, 0.3) is 5.95 Å². The molecule has 1 saturated carbocycles. The maximum absolute atomic E-state index is 13.6. The van der Waals surface area contributed by atoms with Crippen molar-refractivity contribution in [2.24, 2.45) is 0 Å². The van der Waals surface area contributed by atoms with Gasteiger partial charge in [-0.25, -0.2) is 18.4 Å². The van der Waals surface area contributed by atoms with Gasteiger partial charge in [0.05, 0.1) is 5.69 Å². The summed E-state index contributed by atoms with van der Waals surface area (Å²) in [5, 5.41) is 16.5. The van der Waals surface area contributed by atoms with Crippen LogP contribution in [0.15, 0.2) is 12.1 Å². The maximum atomic E-state index is 13.6. The standard InChI is InChI=1S/C16H18F2N6/c1-10-6-11(2)24(23-10)15-21-13(9-19)7-14(22-15)20-12-4-3-5-16(17,18)8-12/h6-7,12H,3-5,8H2,1-2H3,(H,20,21,22). The van der Waals surface area contributed by atoms with E-state index >= 15 is 0 Å². The number of nitrogens with one attached hydrogen (secondary N) is 1. The van der Waals surface area contributed by atoms with Gasteiger partial charge < -0.3 is 5.32 Å². The Balaban J connectivity index is 1.90. The highest BCUT2D eigenvalue weighted by Gasteiger charge is 2.36. The van der Waals surface area contributed by atoms with Gasteiger partial charge in [-0.3, -0.25) is 0 Å². The van der Waals surface area contributed by atoms with Crippen LogP contribution in [-0.4, -0.2) is 31.7 Å². The maximum Gasteiger partial charge on any atom is 0.254 e. The van der Waals surface area contributed by atoms with E-state index in [9.17, 15) is 14.0 Å². The lowest BCUT2D eigenvalue weighted by molar-refractivity contribution is -0.0373. The van der Waals surface area contributed by atoms with Crippen LogP contribution in [0.25, 0.3) is 5.95 Å². The van der Waals surface area contributed by atoms with Gasteiger partial charge in [-0.15, -0.1) is 0 Å². The Morgan fingerprint density at radius 3 is 2.75 bits per heavy atom. The largest absolute Gasteiger partial charge is 0.367 e. The van der Waals surface area contributed by atoms with Crippen LogP contribution in [0.5, 0.6) is 0 Å². The molecule has 1 aliphatic carbocycles. The lowest BCUT2D eigenvalue weighted by Crippen LogP contribution is -2.34. The van der Waals surface area contributed by atoms with Crippen LogP contribution in [0.1, 0.15) is 42.8 Å². The highest BCUT2D eigenvalue weighted by Crippen LogP contribution is 2.34. The van der Waals surface area contributed by atoms with E-state index in [1.54, 1.807) is 0 Å². The van der Waals surface area contributed by atoms with E-state index < -0.39 is 5.92 Å². The highest BCUT2D eigenvalue weighted by molar-refractivity contribution is 5.43. The fraction of sp³-hybridized carbons (Fsp3) is 0.500. The molecule has 0 aliphatic heterocycles. The zero-order chi connectivity index (χ0) is 17.3. The number of nitrogens with zero attached hydrogens (tertiary/aromatic N) is 5. The van der Waals surface area contributed by atoms with Crippen LogP contribution in [-0.2, 0) is 0 Å². The van der Waals surface area contributed by atoms with Crippen LogP contribution in [0.2, 0.25) is 0 Å². The number of halogens is 2. The zero-order valence-corrected chi connectivity index (χ0v) is 13.6. The van der Waals surface area contributed by atoms with Gasteiger partial charge in [0, 0.05) is 30.6 Å². The average Bonchev–Trinajstić information content (AvgIpc) is 2.84. The van der Waals surface area contributed by atoms with Crippen LogP contribution in [0, 0.1) is 25.2 Å². The average molecular weight is 332 g/mol. The lowest BCUT2D eigenvalue weighted by atomic mass is 9.92. The van der Waals surface area contributed by atoms with Crippen molar-refractivity contribution < 1.29 is 8.78 Å². The molecule has 1 fully saturated rings. The van der Waals surface area contributed by atoms with Crippen molar-refractivity contribution in [3.05, 3.63) is 29.2 Å². The van der Waals surface area contributed by atoms with Gasteiger partial charge in [0.2, 0.25) is 5.92 Å². The number of rotatable bonds is 3. The first-order valence-corrected chi connectivity index (χ1v) is 7.83. The number of aryl methyl sites for hydroxylation is 2. The monoisotopic (exact) mass is 332 g/mol. The highest BCUT2D eigenvalue weighted by atomic mass is 19.3. The molecule has 8 heteroatoms. The first-order valence-electron chi connectivity index (χ1n) is 7.83. The molecule has 1 unspecified atom stereocenters. The second-order valence-electron chi connectivity index (χ2n) is 6.18. The molecule has 6 nitrogen and oxygen atoms in total. The molecule has 0 radical (unpaired) electrons. The van der Waals surface area contributed by atoms with Gasteiger partial charge >= 0.3 is 0 Å². The Morgan fingerprint density at radius 1 is 1.33 bits per heavy atom. The van der Waals surface area contributed by atoms with Gasteiger partial charge in [0.15, 0.2) is 0 Å². The number of anilines is 1. The molecule has 24 heavy (non-hydrogen) atoms. The SMILES string of the molecule is Cc1cc(C)n(-c2nc(C#N)cc(NC3CCCC(F)(F)C3)n2)n1. The second kappa shape index (κ2) is 6.15. The molecule has 1 N–H and O–H groups in total. The number of hydrogen-bond acceptors (Lipinski definition) is 5. The normalized spacial score (nSPS) is 19.7. The minimum Gasteiger partial charge on any atom is -0.367 e. The number of alkyl halides is 2. The van der Waals surface area contributed by atoms with Crippen LogP contribution < -0.4 is 5.32 Å². The summed E-state index contributed by atoms with van der Waals surface area (Å²) in [6.45, 7) is 3.71. The van der Waals surface area contributed by atoms with Crippen molar-refractivity contribution in [3.63, 3.8) is 0 Å². The van der Waals surface area contributed by atoms with Crippen LogP contribution in [0.4, 0.5) is 14.6 Å². The van der Waals surface area contributed by atoms with Crippen molar-refractivity contribution in [1.29, 1.82) is 5.26 Å². The Kier molecular flexibility index (Phi) is 4.18. The minimum atomic E-state index is -2.65. The van der Waals surface area contributed by atoms with Crippen molar-refractivity contribution in [3.8, 4) is 12.0 Å². The molecular weight excluding hydrogens is 314 g/mol. The Morgan fingerprint density at radius 2 is 2.12 bits per heavy atom. The summed E-state index contributed by atoms with van der Waals surface area (Å²) in [6.07, 6.45) is 0.811. The Hall–Kier alpha value is -2.56. The summed E-state index contributed by atoms with van der Waals surface area (Å²) >= 11 is 0. The molecule has 0 amide bonds. The molecule has 0 aromatic carbocycles. The van der Waals surface area contributed by atoms with Gasteiger partial charge in [-0.2, -0.15) is 15.3 Å². The van der Waals surface area contributed by atoms with Crippen molar-refractivity contribution >= 4 is 5.82 Å². The molecule has 2 aromatic rings. The van der Waals surface area contributed by atoms with E-state index in [0.29, 0.717) is 18.7 Å². The van der Waals surface area contributed by atoms with Crippen LogP contribution >= 0.6 is 0 Å². The van der Waals surface area contributed by atoms with E-state index in [-0.39, 0.29) is 30.5 Å². The number of hydrogen-bond donors (Lipinski definition) is 1. The molecule has 126 valence electrons. The van der Waals surface area contributed by atoms with Crippen molar-refractivity contribution in [1.82, 2.24) is 19.7 Å². The summed E-state index contributed by atoms with van der Waals surface area (Å²) in [5.41, 5.74) is 1.80. The fourth-order valence-corrected chi connectivity index (χ4v) is 3.00. The molecule has 0 bridgehead atoms. The first kappa shape index (κ1) is 16.3. The van der Waals surface area contributed by atoms with Crippen molar-refractivity contribution in [2.45, 2.75) is 51.5 Å². The predicted molar refractivity (Wildman–Crippen MR) is 84.2 cm³/mol. The fourth-order valence-electron chi connectivity index (χ4n) is 3.00. The minimum absolute atomic E-state index is 0.0740. The van der Waals surface area contributed by atoms with Crippen molar-refractivity contribution in [2.75, 3.05) is 5.32 Å². The summed E-state index contributed by atoms with van der Waals surface area (Å²) in [6, 6.07) is 4.95. The van der Waals surface area contributed by atoms with E-state index in [1.807, 2.05) is 26.0 Å². The smallest absolute Gasteiger partial charge is 0.254 e. The molecule has 0 saturated heterocycles. The third-order valence-corrected chi connectivity index (χ3v) is 4.02. The quantitative estimate of drug-likeness (QED) is 0.934. The molecular formula is C16H18F2N6. The van der Waals surface area contributed by atoms with Gasteiger partial charge in [-0.1, -0.05) is 0 Å². The molecule has 1 aliphatic rings. The van der Waals surface area contributed by atoms with Gasteiger partial charge in [0.1, 0.15) is 17.6 Å². The third kappa shape index (κ3) is 3.50. The zero-order valence-electron chi connectivity index (χ0n) is 13.6. The second-order valence-corrected chi connectivity index (χ2v) is 6.18. The van der Waals surface area contributed by atoms with E-state index in [1.165, 1.54) is 10.7 Å².